The van der Waals surface area contributed by atoms with Gasteiger partial charge in [0.1, 0.15) is 0 Å². The highest BCUT2D eigenvalue weighted by atomic mass is 16.2. The predicted molar refractivity (Wildman–Crippen MR) is 101 cm³/mol. The molecule has 4 rings (SSSR count). The Morgan fingerprint density at radius 2 is 1.44 bits per heavy atom. The monoisotopic (exact) mass is 356 g/mol. The minimum Gasteiger partial charge on any atom is -0.314 e. The summed E-state index contributed by atoms with van der Waals surface area (Å²) in [5.41, 5.74) is 0.575. The van der Waals surface area contributed by atoms with Crippen LogP contribution < -0.4 is 5.32 Å². The van der Waals surface area contributed by atoms with Gasteiger partial charge < -0.3 is 5.32 Å². The summed E-state index contributed by atoms with van der Waals surface area (Å²) >= 11 is 0. The smallest absolute Gasteiger partial charge is 0.314 e. The molecule has 1 aliphatic heterocycles. The lowest BCUT2D eigenvalue weighted by molar-refractivity contribution is -0.130. The van der Waals surface area contributed by atoms with Gasteiger partial charge in [0, 0.05) is 6.20 Å². The summed E-state index contributed by atoms with van der Waals surface area (Å²) in [6.45, 7) is 0. The van der Waals surface area contributed by atoms with Gasteiger partial charge in [0.25, 0.3) is 5.91 Å². The lowest BCUT2D eigenvalue weighted by Gasteiger charge is -2.27. The molecule has 0 saturated carbocycles. The fraction of sp³-hybridized carbons (Fsp3) is 0.0476. The summed E-state index contributed by atoms with van der Waals surface area (Å²) in [5.74, 6) is -0.461. The van der Waals surface area contributed by atoms with Gasteiger partial charge in [-0.2, -0.15) is 5.10 Å². The van der Waals surface area contributed by atoms with Crippen LogP contribution in [0.25, 0.3) is 0 Å². The van der Waals surface area contributed by atoms with E-state index in [1.165, 1.54) is 6.21 Å². The van der Waals surface area contributed by atoms with Crippen molar-refractivity contribution >= 4 is 18.2 Å². The van der Waals surface area contributed by atoms with Crippen LogP contribution in [-0.4, -0.2) is 28.1 Å². The average Bonchev–Trinajstić information content (AvgIpc) is 2.99. The average molecular weight is 356 g/mol. The van der Waals surface area contributed by atoms with Crippen molar-refractivity contribution in [3.63, 3.8) is 0 Å². The number of rotatable bonds is 4. The number of imide groups is 1. The Kier molecular flexibility index (Phi) is 4.22. The quantitative estimate of drug-likeness (QED) is 0.577. The second-order valence-corrected chi connectivity index (χ2v) is 6.03. The molecule has 1 aliphatic rings. The van der Waals surface area contributed by atoms with E-state index in [4.69, 9.17) is 0 Å². The van der Waals surface area contributed by atoms with Crippen LogP contribution in [0, 0.1) is 0 Å². The molecule has 27 heavy (non-hydrogen) atoms. The Balaban J connectivity index is 1.78. The predicted octanol–water partition coefficient (Wildman–Crippen LogP) is 2.91. The Hall–Kier alpha value is -3.80. The molecule has 6 nitrogen and oxygen atoms in total. The first-order valence-electron chi connectivity index (χ1n) is 8.44. The van der Waals surface area contributed by atoms with Gasteiger partial charge in [0.05, 0.1) is 11.9 Å². The number of carbonyl (C=O) groups is 2. The molecule has 1 aromatic heterocycles. The lowest BCUT2D eigenvalue weighted by atomic mass is 9.83. The highest BCUT2D eigenvalue weighted by Gasteiger charge is 2.54. The molecule has 1 N–H and O–H groups in total. The van der Waals surface area contributed by atoms with Gasteiger partial charge >= 0.3 is 6.03 Å². The van der Waals surface area contributed by atoms with Crippen LogP contribution in [0.1, 0.15) is 16.8 Å². The molecular weight excluding hydrogens is 340 g/mol. The van der Waals surface area contributed by atoms with E-state index in [1.54, 1.807) is 24.4 Å². The second-order valence-electron chi connectivity index (χ2n) is 6.03. The largest absolute Gasteiger partial charge is 0.346 e. The Morgan fingerprint density at radius 3 is 2.00 bits per heavy atom. The van der Waals surface area contributed by atoms with Crippen molar-refractivity contribution in [3.05, 3.63) is 102 Å². The van der Waals surface area contributed by atoms with E-state index in [0.29, 0.717) is 16.8 Å². The van der Waals surface area contributed by atoms with Crippen LogP contribution in [0.2, 0.25) is 0 Å². The summed E-state index contributed by atoms with van der Waals surface area (Å²) in [7, 11) is 0. The normalized spacial score (nSPS) is 15.9. The van der Waals surface area contributed by atoms with Gasteiger partial charge in [-0.3, -0.25) is 9.78 Å². The summed E-state index contributed by atoms with van der Waals surface area (Å²) in [6, 6.07) is 23.1. The maximum atomic E-state index is 13.4. The Labute approximate surface area is 156 Å². The fourth-order valence-corrected chi connectivity index (χ4v) is 3.13. The number of carbonyl (C=O) groups excluding carboxylic acids is 2. The van der Waals surface area contributed by atoms with Crippen molar-refractivity contribution < 1.29 is 9.59 Å². The number of benzene rings is 2. The Morgan fingerprint density at radius 1 is 0.852 bits per heavy atom. The van der Waals surface area contributed by atoms with E-state index < -0.39 is 17.5 Å². The molecule has 1 fully saturated rings. The van der Waals surface area contributed by atoms with Gasteiger partial charge in [-0.05, 0) is 23.3 Å². The first kappa shape index (κ1) is 16.7. The van der Waals surface area contributed by atoms with E-state index >= 15 is 0 Å². The second kappa shape index (κ2) is 6.84. The van der Waals surface area contributed by atoms with Gasteiger partial charge in [-0.25, -0.2) is 4.79 Å². The van der Waals surface area contributed by atoms with Gasteiger partial charge in [0.15, 0.2) is 5.54 Å². The molecule has 2 heterocycles. The van der Waals surface area contributed by atoms with E-state index in [2.05, 4.69) is 15.4 Å². The molecule has 0 atom stereocenters. The molecule has 132 valence electrons. The molecule has 3 aromatic rings. The van der Waals surface area contributed by atoms with Crippen LogP contribution in [-0.2, 0) is 10.3 Å². The van der Waals surface area contributed by atoms with Crippen molar-refractivity contribution in [1.29, 1.82) is 0 Å². The highest BCUT2D eigenvalue weighted by molar-refractivity contribution is 6.09. The van der Waals surface area contributed by atoms with Crippen LogP contribution in [0.4, 0.5) is 4.79 Å². The van der Waals surface area contributed by atoms with Crippen LogP contribution in [0.3, 0.4) is 0 Å². The maximum absolute atomic E-state index is 13.4. The van der Waals surface area contributed by atoms with Crippen molar-refractivity contribution in [3.8, 4) is 0 Å². The molecule has 0 unspecified atom stereocenters. The number of amides is 3. The minimum absolute atomic E-state index is 0.461. The number of nitrogens with one attached hydrogen (secondary N) is 1. The van der Waals surface area contributed by atoms with Crippen LogP contribution >= 0.6 is 0 Å². The third-order valence-corrected chi connectivity index (χ3v) is 4.41. The molecule has 1 saturated heterocycles. The standard InChI is InChI=1S/C21H16N4O2/c26-19-21(16-9-3-1-4-10-16,17-11-5-2-6-12-17)24-20(27)25(19)23-15-18-13-7-8-14-22-18/h1-15H,(H,24,27)/b23-15+. The van der Waals surface area contributed by atoms with Gasteiger partial charge in [-0.15, -0.1) is 5.01 Å². The molecule has 3 amide bonds. The highest BCUT2D eigenvalue weighted by Crippen LogP contribution is 2.36. The van der Waals surface area contributed by atoms with Crippen LogP contribution in [0.5, 0.6) is 0 Å². The number of urea groups is 1. The molecule has 0 bridgehead atoms. The summed E-state index contributed by atoms with van der Waals surface area (Å²) in [4.78, 5) is 30.1. The third-order valence-electron chi connectivity index (χ3n) is 4.41. The third kappa shape index (κ3) is 2.87. The summed E-state index contributed by atoms with van der Waals surface area (Å²) < 4.78 is 0. The molecule has 0 aliphatic carbocycles. The fourth-order valence-electron chi connectivity index (χ4n) is 3.13. The zero-order valence-electron chi connectivity index (χ0n) is 14.3. The zero-order valence-corrected chi connectivity index (χ0v) is 14.3. The van der Waals surface area contributed by atoms with Crippen LogP contribution in [0.15, 0.2) is 90.2 Å². The van der Waals surface area contributed by atoms with Crippen molar-refractivity contribution in [2.45, 2.75) is 5.54 Å². The van der Waals surface area contributed by atoms with Gasteiger partial charge in [-0.1, -0.05) is 66.7 Å². The van der Waals surface area contributed by atoms with E-state index in [-0.39, 0.29) is 0 Å². The molecule has 2 aromatic carbocycles. The molecule has 0 radical (unpaired) electrons. The number of hydrazone groups is 1. The van der Waals surface area contributed by atoms with E-state index in [1.807, 2.05) is 60.7 Å². The SMILES string of the molecule is O=C1NC(c2ccccc2)(c2ccccc2)C(=O)N1/N=C/c1ccccn1. The van der Waals surface area contributed by atoms with Gasteiger partial charge in [0.2, 0.25) is 0 Å². The summed E-state index contributed by atoms with van der Waals surface area (Å²) in [5, 5.41) is 7.78. The zero-order chi connectivity index (χ0) is 18.7. The number of aromatic nitrogens is 1. The van der Waals surface area contributed by atoms with Crippen molar-refractivity contribution in [2.75, 3.05) is 0 Å². The maximum Gasteiger partial charge on any atom is 0.346 e. The molecular formula is C21H16N4O2. The Bertz CT molecular complexity index is 949. The van der Waals surface area contributed by atoms with E-state index in [9.17, 15) is 9.59 Å². The topological polar surface area (TPSA) is 74.7 Å². The number of hydrogen-bond acceptors (Lipinski definition) is 4. The number of pyridine rings is 1. The number of hydrogen-bond donors (Lipinski definition) is 1. The van der Waals surface area contributed by atoms with Crippen molar-refractivity contribution in [1.82, 2.24) is 15.3 Å². The number of nitrogens with zero attached hydrogens (tertiary/aromatic N) is 3. The summed E-state index contributed by atoms with van der Waals surface area (Å²) in [6.07, 6.45) is 3.01. The van der Waals surface area contributed by atoms with E-state index in [0.717, 1.165) is 5.01 Å². The first-order valence-corrected chi connectivity index (χ1v) is 8.44. The van der Waals surface area contributed by atoms with Crippen molar-refractivity contribution in [2.24, 2.45) is 5.10 Å². The lowest BCUT2D eigenvalue weighted by Crippen LogP contribution is -2.44. The first-order chi connectivity index (χ1) is 13.2. The molecule has 6 heteroatoms. The molecule has 0 spiro atoms. The minimum atomic E-state index is -1.32.